The topological polar surface area (TPSA) is 85.8 Å². The molecule has 1 amide bonds. The van der Waals surface area contributed by atoms with Gasteiger partial charge in [-0.15, -0.1) is 0 Å². The Morgan fingerprint density at radius 3 is 2.84 bits per heavy atom. The lowest BCUT2D eigenvalue weighted by Gasteiger charge is -2.24. The van der Waals surface area contributed by atoms with E-state index in [9.17, 15) is 4.79 Å². The molecule has 1 unspecified atom stereocenters. The predicted molar refractivity (Wildman–Crippen MR) is 116 cm³/mol. The number of aromatic nitrogens is 4. The molecule has 1 saturated carbocycles. The minimum Gasteiger partial charge on any atom is -0.345 e. The van der Waals surface area contributed by atoms with Crippen LogP contribution in [0.2, 0.25) is 0 Å². The Kier molecular flexibility index (Phi) is 4.16. The van der Waals surface area contributed by atoms with Gasteiger partial charge in [0.15, 0.2) is 0 Å². The first-order valence-electron chi connectivity index (χ1n) is 10.9. The quantitative estimate of drug-likeness (QED) is 0.539. The molecule has 3 aromatic heterocycles. The summed E-state index contributed by atoms with van der Waals surface area (Å²) in [5.41, 5.74) is 5.81. The Labute approximate surface area is 179 Å². The first kappa shape index (κ1) is 18.3. The number of nitrogens with one attached hydrogen (secondary N) is 1. The zero-order chi connectivity index (χ0) is 20.9. The lowest BCUT2D eigenvalue weighted by molar-refractivity contribution is 0.0934. The molecular formula is C24H23N5O2. The molecule has 7 nitrogen and oxygen atoms in total. The van der Waals surface area contributed by atoms with Crippen molar-refractivity contribution >= 4 is 17.0 Å². The second kappa shape index (κ2) is 7.04. The zero-order valence-electron chi connectivity index (χ0n) is 17.3. The van der Waals surface area contributed by atoms with Gasteiger partial charge in [0.25, 0.3) is 11.6 Å². The van der Waals surface area contributed by atoms with Gasteiger partial charge in [0.1, 0.15) is 5.69 Å². The van der Waals surface area contributed by atoms with Crippen LogP contribution in [-0.4, -0.2) is 25.8 Å². The summed E-state index contributed by atoms with van der Waals surface area (Å²) in [6.45, 7) is 0. The molecule has 0 aliphatic heterocycles. The first-order valence-corrected chi connectivity index (χ1v) is 10.9. The van der Waals surface area contributed by atoms with E-state index < -0.39 is 0 Å². The van der Waals surface area contributed by atoms with E-state index >= 15 is 0 Å². The van der Waals surface area contributed by atoms with Crippen molar-refractivity contribution in [1.29, 1.82) is 0 Å². The molecule has 2 aliphatic rings. The number of fused-ring (bicyclic) bond motifs is 2. The molecule has 0 radical (unpaired) electrons. The molecule has 1 aromatic carbocycles. The maximum atomic E-state index is 13.6. The van der Waals surface area contributed by atoms with Gasteiger partial charge in [-0.05, 0) is 38.2 Å². The largest absolute Gasteiger partial charge is 0.345 e. The van der Waals surface area contributed by atoms with E-state index in [1.54, 1.807) is 0 Å². The van der Waals surface area contributed by atoms with Gasteiger partial charge in [-0.3, -0.25) is 9.48 Å². The van der Waals surface area contributed by atoms with Gasteiger partial charge in [-0.25, -0.2) is 4.98 Å². The van der Waals surface area contributed by atoms with Crippen LogP contribution in [0.3, 0.4) is 0 Å². The maximum Gasteiger partial charge on any atom is 0.259 e. The van der Waals surface area contributed by atoms with Gasteiger partial charge in [-0.2, -0.15) is 5.10 Å². The Balaban J connectivity index is 1.44. The number of nitrogens with zero attached hydrogens (tertiary/aromatic N) is 4. The van der Waals surface area contributed by atoms with Crippen molar-refractivity contribution in [3.63, 3.8) is 0 Å². The van der Waals surface area contributed by atoms with E-state index in [1.807, 2.05) is 54.3 Å². The first-order chi connectivity index (χ1) is 15.2. The average Bonchev–Trinajstić information content (AvgIpc) is 3.46. The SMILES string of the molecule is Cn1ncc2c1CCCC2NC(=O)c1cc(C2CC2)nc2onc(-c3ccccc3)c12. The third-order valence-corrected chi connectivity index (χ3v) is 6.43. The molecule has 31 heavy (non-hydrogen) atoms. The summed E-state index contributed by atoms with van der Waals surface area (Å²) < 4.78 is 7.52. The molecule has 2 aliphatic carbocycles. The van der Waals surface area contributed by atoms with Crippen LogP contribution in [0, 0.1) is 0 Å². The van der Waals surface area contributed by atoms with Gasteiger partial charge < -0.3 is 9.84 Å². The highest BCUT2D eigenvalue weighted by molar-refractivity contribution is 6.09. The fraction of sp³-hybridized carbons (Fsp3) is 0.333. The number of hydrogen-bond acceptors (Lipinski definition) is 5. The molecule has 0 saturated heterocycles. The second-order valence-corrected chi connectivity index (χ2v) is 8.53. The lowest BCUT2D eigenvalue weighted by atomic mass is 9.92. The van der Waals surface area contributed by atoms with Crippen molar-refractivity contribution in [2.75, 3.05) is 0 Å². The van der Waals surface area contributed by atoms with Crippen LogP contribution >= 0.6 is 0 Å². The van der Waals surface area contributed by atoms with Crippen molar-refractivity contribution < 1.29 is 9.32 Å². The summed E-state index contributed by atoms with van der Waals surface area (Å²) >= 11 is 0. The van der Waals surface area contributed by atoms with Crippen molar-refractivity contribution in [3.05, 3.63) is 65.1 Å². The Bertz CT molecular complexity index is 1290. The molecular weight excluding hydrogens is 390 g/mol. The number of hydrogen-bond donors (Lipinski definition) is 1. The monoisotopic (exact) mass is 413 g/mol. The van der Waals surface area contributed by atoms with Crippen molar-refractivity contribution in [2.24, 2.45) is 7.05 Å². The number of benzene rings is 1. The zero-order valence-corrected chi connectivity index (χ0v) is 17.3. The van der Waals surface area contributed by atoms with Crippen LogP contribution in [0.25, 0.3) is 22.4 Å². The van der Waals surface area contributed by atoms with Crippen LogP contribution in [0.5, 0.6) is 0 Å². The lowest BCUT2D eigenvalue weighted by Crippen LogP contribution is -2.31. The van der Waals surface area contributed by atoms with E-state index in [0.717, 1.165) is 48.9 Å². The molecule has 1 atom stereocenters. The molecule has 1 N–H and O–H groups in total. The summed E-state index contributed by atoms with van der Waals surface area (Å²) in [6, 6.07) is 11.7. The van der Waals surface area contributed by atoms with Crippen molar-refractivity contribution in [3.8, 4) is 11.3 Å². The van der Waals surface area contributed by atoms with Gasteiger partial charge in [0, 0.05) is 35.5 Å². The number of carbonyl (C=O) groups excluding carboxylic acids is 1. The highest BCUT2D eigenvalue weighted by atomic mass is 16.5. The Morgan fingerprint density at radius 1 is 1.19 bits per heavy atom. The van der Waals surface area contributed by atoms with Gasteiger partial charge in [0.2, 0.25) is 0 Å². The van der Waals surface area contributed by atoms with Gasteiger partial charge in [-0.1, -0.05) is 35.5 Å². The number of amides is 1. The summed E-state index contributed by atoms with van der Waals surface area (Å²) in [5.74, 6) is 0.289. The molecule has 1 fully saturated rings. The molecule has 7 heteroatoms. The summed E-state index contributed by atoms with van der Waals surface area (Å²) in [5, 5.41) is 12.6. The minimum atomic E-state index is -0.114. The average molecular weight is 413 g/mol. The van der Waals surface area contributed by atoms with Crippen LogP contribution in [0.1, 0.15) is 65.0 Å². The van der Waals surface area contributed by atoms with Crippen LogP contribution in [-0.2, 0) is 13.5 Å². The van der Waals surface area contributed by atoms with Gasteiger partial charge in [0.05, 0.1) is 23.2 Å². The number of carbonyl (C=O) groups is 1. The molecule has 6 rings (SSSR count). The summed E-state index contributed by atoms with van der Waals surface area (Å²) in [4.78, 5) is 18.3. The van der Waals surface area contributed by atoms with E-state index in [0.29, 0.717) is 28.3 Å². The van der Waals surface area contributed by atoms with Crippen LogP contribution < -0.4 is 5.32 Å². The Hall–Kier alpha value is -3.48. The predicted octanol–water partition coefficient (Wildman–Crippen LogP) is 4.31. The fourth-order valence-electron chi connectivity index (χ4n) is 4.62. The number of pyridine rings is 1. The molecule has 0 bridgehead atoms. The standard InChI is InChI=1S/C24H23N5O2/c1-29-20-9-5-8-18(17(20)13-25-29)26-23(30)16-12-19(14-10-11-14)27-24-21(16)22(28-31-24)15-6-3-2-4-7-15/h2-4,6-7,12-14,18H,5,8-11H2,1H3,(H,26,30). The third kappa shape index (κ3) is 3.12. The normalized spacial score (nSPS) is 18.2. The van der Waals surface area contributed by atoms with Crippen LogP contribution in [0.4, 0.5) is 0 Å². The van der Waals surface area contributed by atoms with E-state index in [2.05, 4.69) is 15.6 Å². The molecule has 0 spiro atoms. The smallest absolute Gasteiger partial charge is 0.259 e. The third-order valence-electron chi connectivity index (χ3n) is 6.43. The van der Waals surface area contributed by atoms with Gasteiger partial charge >= 0.3 is 0 Å². The molecule has 3 heterocycles. The summed E-state index contributed by atoms with van der Waals surface area (Å²) in [6.07, 6.45) is 7.00. The highest BCUT2D eigenvalue weighted by Crippen LogP contribution is 2.41. The number of aryl methyl sites for hydroxylation is 1. The van der Waals surface area contributed by atoms with Crippen molar-refractivity contribution in [1.82, 2.24) is 25.2 Å². The van der Waals surface area contributed by atoms with Crippen molar-refractivity contribution in [2.45, 2.75) is 44.1 Å². The number of rotatable bonds is 4. The van der Waals surface area contributed by atoms with Crippen LogP contribution in [0.15, 0.2) is 47.1 Å². The molecule has 4 aromatic rings. The maximum absolute atomic E-state index is 13.6. The second-order valence-electron chi connectivity index (χ2n) is 8.53. The molecule has 156 valence electrons. The van der Waals surface area contributed by atoms with E-state index in [1.165, 1.54) is 5.69 Å². The highest BCUT2D eigenvalue weighted by Gasteiger charge is 2.31. The van der Waals surface area contributed by atoms with E-state index in [-0.39, 0.29) is 11.9 Å². The Morgan fingerprint density at radius 2 is 2.03 bits per heavy atom. The van der Waals surface area contributed by atoms with E-state index in [4.69, 9.17) is 9.51 Å². The summed E-state index contributed by atoms with van der Waals surface area (Å²) in [7, 11) is 1.96. The fourth-order valence-corrected chi connectivity index (χ4v) is 4.62. The minimum absolute atomic E-state index is 0.0439.